The summed E-state index contributed by atoms with van der Waals surface area (Å²) in [5, 5.41) is 0. The SMILES string of the molecule is CN(Cc1ccc(OC(F)(F)F)cc1)C(=O)CCc1ccc2c(c1)OCO2. The molecule has 0 saturated heterocycles. The Balaban J connectivity index is 1.50. The highest BCUT2D eigenvalue weighted by Crippen LogP contribution is 2.32. The summed E-state index contributed by atoms with van der Waals surface area (Å²) in [5.74, 6) is 1.01. The van der Waals surface area contributed by atoms with Gasteiger partial charge in [-0.15, -0.1) is 13.2 Å². The van der Waals surface area contributed by atoms with E-state index in [1.165, 1.54) is 29.2 Å². The minimum atomic E-state index is -4.72. The van der Waals surface area contributed by atoms with Crippen LogP contribution in [0.25, 0.3) is 0 Å². The Labute approximate surface area is 154 Å². The molecule has 1 aliphatic heterocycles. The molecular formula is C19H18F3NO4. The van der Waals surface area contributed by atoms with E-state index < -0.39 is 6.36 Å². The van der Waals surface area contributed by atoms with Gasteiger partial charge in [0.25, 0.3) is 0 Å². The van der Waals surface area contributed by atoms with Gasteiger partial charge in [-0.3, -0.25) is 4.79 Å². The first-order valence-corrected chi connectivity index (χ1v) is 8.27. The molecule has 5 nitrogen and oxygen atoms in total. The fourth-order valence-corrected chi connectivity index (χ4v) is 2.70. The van der Waals surface area contributed by atoms with Gasteiger partial charge in [-0.05, 0) is 41.8 Å². The second-order valence-electron chi connectivity index (χ2n) is 6.13. The van der Waals surface area contributed by atoms with Gasteiger partial charge < -0.3 is 19.1 Å². The number of rotatable bonds is 6. The molecule has 0 aromatic heterocycles. The number of carbonyl (C=O) groups is 1. The van der Waals surface area contributed by atoms with Crippen molar-refractivity contribution in [3.63, 3.8) is 0 Å². The first-order valence-electron chi connectivity index (χ1n) is 8.27. The highest BCUT2D eigenvalue weighted by atomic mass is 19.4. The normalized spacial score (nSPS) is 12.7. The Hall–Kier alpha value is -2.90. The van der Waals surface area contributed by atoms with Gasteiger partial charge in [-0.2, -0.15) is 0 Å². The molecule has 0 atom stereocenters. The first kappa shape index (κ1) is 18.9. The van der Waals surface area contributed by atoms with E-state index in [0.29, 0.717) is 36.4 Å². The lowest BCUT2D eigenvalue weighted by atomic mass is 10.1. The van der Waals surface area contributed by atoms with Gasteiger partial charge in [-0.25, -0.2) is 0 Å². The minimum absolute atomic E-state index is 0.0664. The maximum atomic E-state index is 12.3. The summed E-state index contributed by atoms with van der Waals surface area (Å²) in [4.78, 5) is 13.8. The lowest BCUT2D eigenvalue weighted by molar-refractivity contribution is -0.274. The van der Waals surface area contributed by atoms with Crippen LogP contribution in [0.15, 0.2) is 42.5 Å². The Morgan fingerprint density at radius 2 is 1.74 bits per heavy atom. The highest BCUT2D eigenvalue weighted by molar-refractivity contribution is 5.76. The fourth-order valence-electron chi connectivity index (χ4n) is 2.70. The van der Waals surface area contributed by atoms with E-state index in [1.54, 1.807) is 7.05 Å². The second-order valence-corrected chi connectivity index (χ2v) is 6.13. The van der Waals surface area contributed by atoms with Gasteiger partial charge in [0.2, 0.25) is 12.7 Å². The van der Waals surface area contributed by atoms with Crippen molar-refractivity contribution in [3.05, 3.63) is 53.6 Å². The van der Waals surface area contributed by atoms with Crippen LogP contribution in [-0.2, 0) is 17.8 Å². The molecule has 8 heteroatoms. The molecule has 0 spiro atoms. The number of halogens is 3. The predicted octanol–water partition coefficient (Wildman–Crippen LogP) is 3.91. The molecule has 0 unspecified atom stereocenters. The van der Waals surface area contributed by atoms with Crippen LogP contribution in [0, 0.1) is 0 Å². The molecule has 3 rings (SSSR count). The number of benzene rings is 2. The minimum Gasteiger partial charge on any atom is -0.454 e. The standard InChI is InChI=1S/C19H18F3NO4/c1-23(11-14-2-6-15(7-3-14)27-19(20,21)22)18(24)9-5-13-4-8-16-17(10-13)26-12-25-16/h2-4,6-8,10H,5,9,11-12H2,1H3. The fraction of sp³-hybridized carbons (Fsp3) is 0.316. The zero-order valence-electron chi connectivity index (χ0n) is 14.6. The molecular weight excluding hydrogens is 363 g/mol. The largest absolute Gasteiger partial charge is 0.573 e. The predicted molar refractivity (Wildman–Crippen MR) is 90.5 cm³/mol. The summed E-state index contributed by atoms with van der Waals surface area (Å²) >= 11 is 0. The number of aryl methyl sites for hydroxylation is 1. The molecule has 2 aromatic carbocycles. The van der Waals surface area contributed by atoms with Crippen LogP contribution in [-0.4, -0.2) is 31.0 Å². The van der Waals surface area contributed by atoms with Crippen molar-refractivity contribution >= 4 is 5.91 Å². The van der Waals surface area contributed by atoms with Crippen LogP contribution in [0.3, 0.4) is 0 Å². The lowest BCUT2D eigenvalue weighted by Crippen LogP contribution is -2.26. The molecule has 1 amide bonds. The zero-order chi connectivity index (χ0) is 19.4. The van der Waals surface area contributed by atoms with Gasteiger partial charge in [0.05, 0.1) is 0 Å². The molecule has 0 bridgehead atoms. The Kier molecular flexibility index (Phi) is 5.43. The highest BCUT2D eigenvalue weighted by Gasteiger charge is 2.30. The van der Waals surface area contributed by atoms with Crippen molar-refractivity contribution < 1.29 is 32.2 Å². The average Bonchev–Trinajstić information content (AvgIpc) is 3.07. The monoisotopic (exact) mass is 381 g/mol. The second kappa shape index (κ2) is 7.77. The number of hydrogen-bond donors (Lipinski definition) is 0. The third kappa shape index (κ3) is 5.29. The third-order valence-electron chi connectivity index (χ3n) is 4.07. The van der Waals surface area contributed by atoms with E-state index in [1.807, 2.05) is 18.2 Å². The maximum Gasteiger partial charge on any atom is 0.573 e. The van der Waals surface area contributed by atoms with Crippen LogP contribution in [0.2, 0.25) is 0 Å². The number of carbonyl (C=O) groups excluding carboxylic acids is 1. The summed E-state index contributed by atoms with van der Waals surface area (Å²) in [7, 11) is 1.65. The molecule has 0 fully saturated rings. The molecule has 144 valence electrons. The van der Waals surface area contributed by atoms with E-state index >= 15 is 0 Å². The lowest BCUT2D eigenvalue weighted by Gasteiger charge is -2.18. The summed E-state index contributed by atoms with van der Waals surface area (Å²) in [5.41, 5.74) is 1.68. The summed E-state index contributed by atoms with van der Waals surface area (Å²) < 4.78 is 50.9. The molecule has 2 aromatic rings. The van der Waals surface area contributed by atoms with Gasteiger partial charge in [0, 0.05) is 20.0 Å². The number of ether oxygens (including phenoxy) is 3. The Morgan fingerprint density at radius 3 is 2.44 bits per heavy atom. The molecule has 0 N–H and O–H groups in total. The summed E-state index contributed by atoms with van der Waals surface area (Å²) in [6.07, 6.45) is -3.85. The van der Waals surface area contributed by atoms with Crippen molar-refractivity contribution in [2.45, 2.75) is 25.7 Å². The zero-order valence-corrected chi connectivity index (χ0v) is 14.6. The molecule has 27 heavy (non-hydrogen) atoms. The van der Waals surface area contributed by atoms with Crippen LogP contribution >= 0.6 is 0 Å². The maximum absolute atomic E-state index is 12.3. The number of nitrogens with zero attached hydrogens (tertiary/aromatic N) is 1. The molecule has 0 aliphatic carbocycles. The molecule has 0 radical (unpaired) electrons. The first-order chi connectivity index (χ1) is 12.8. The number of fused-ring (bicyclic) bond motifs is 1. The van der Waals surface area contributed by atoms with E-state index in [-0.39, 0.29) is 18.4 Å². The van der Waals surface area contributed by atoms with Gasteiger partial charge in [0.15, 0.2) is 11.5 Å². The number of amides is 1. The van der Waals surface area contributed by atoms with Gasteiger partial charge in [0.1, 0.15) is 5.75 Å². The average molecular weight is 381 g/mol. The van der Waals surface area contributed by atoms with Crippen molar-refractivity contribution in [3.8, 4) is 17.2 Å². The van der Waals surface area contributed by atoms with Crippen molar-refractivity contribution in [2.75, 3.05) is 13.8 Å². The summed E-state index contributed by atoms with van der Waals surface area (Å²) in [6, 6.07) is 11.0. The van der Waals surface area contributed by atoms with E-state index in [0.717, 1.165) is 5.56 Å². The van der Waals surface area contributed by atoms with Gasteiger partial charge in [-0.1, -0.05) is 18.2 Å². The van der Waals surface area contributed by atoms with Crippen LogP contribution < -0.4 is 14.2 Å². The summed E-state index contributed by atoms with van der Waals surface area (Å²) in [6.45, 7) is 0.500. The van der Waals surface area contributed by atoms with Gasteiger partial charge >= 0.3 is 6.36 Å². The Morgan fingerprint density at radius 1 is 1.07 bits per heavy atom. The van der Waals surface area contributed by atoms with Crippen molar-refractivity contribution in [1.29, 1.82) is 0 Å². The molecule has 1 aliphatic rings. The number of hydrogen-bond acceptors (Lipinski definition) is 4. The van der Waals surface area contributed by atoms with E-state index in [9.17, 15) is 18.0 Å². The van der Waals surface area contributed by atoms with Crippen LogP contribution in [0.1, 0.15) is 17.5 Å². The van der Waals surface area contributed by atoms with Crippen molar-refractivity contribution in [1.82, 2.24) is 4.90 Å². The van der Waals surface area contributed by atoms with E-state index in [4.69, 9.17) is 9.47 Å². The topological polar surface area (TPSA) is 48.0 Å². The Bertz CT molecular complexity index is 806. The molecule has 1 heterocycles. The van der Waals surface area contributed by atoms with Crippen LogP contribution in [0.4, 0.5) is 13.2 Å². The molecule has 0 saturated carbocycles. The quantitative estimate of drug-likeness (QED) is 0.761. The van der Waals surface area contributed by atoms with E-state index in [2.05, 4.69) is 4.74 Å². The van der Waals surface area contributed by atoms with Crippen LogP contribution in [0.5, 0.6) is 17.2 Å². The van der Waals surface area contributed by atoms with Crippen molar-refractivity contribution in [2.24, 2.45) is 0 Å². The third-order valence-corrected chi connectivity index (χ3v) is 4.07. The number of alkyl halides is 3. The smallest absolute Gasteiger partial charge is 0.454 e.